The van der Waals surface area contributed by atoms with Gasteiger partial charge in [-0.1, -0.05) is 5.16 Å². The molecule has 0 unspecified atom stereocenters. The highest BCUT2D eigenvalue weighted by atomic mass is 16.6. The van der Waals surface area contributed by atoms with Crippen LogP contribution in [-0.4, -0.2) is 20.0 Å². The van der Waals surface area contributed by atoms with Gasteiger partial charge in [0.15, 0.2) is 6.61 Å². The summed E-state index contributed by atoms with van der Waals surface area (Å²) < 4.78 is 10.6. The number of non-ortho nitro benzene ring substituents is 1. The zero-order valence-corrected chi connectivity index (χ0v) is 13.5. The minimum atomic E-state index is -0.495. The molecule has 1 aromatic heterocycles. The van der Waals surface area contributed by atoms with Gasteiger partial charge in [0.25, 0.3) is 17.3 Å². The molecule has 0 bridgehead atoms. The normalized spacial score (nSPS) is 10.5. The number of aryl methyl sites for hydroxylation is 1. The van der Waals surface area contributed by atoms with Crippen LogP contribution in [0.4, 0.5) is 11.4 Å². The van der Waals surface area contributed by atoms with E-state index in [0.717, 1.165) is 0 Å². The topological polar surface area (TPSA) is 134 Å². The van der Waals surface area contributed by atoms with Crippen molar-refractivity contribution in [1.29, 1.82) is 0 Å². The van der Waals surface area contributed by atoms with E-state index in [9.17, 15) is 20.2 Å². The summed E-state index contributed by atoms with van der Waals surface area (Å²) >= 11 is 0. The van der Waals surface area contributed by atoms with Crippen molar-refractivity contribution in [3.63, 3.8) is 0 Å². The van der Waals surface area contributed by atoms with Crippen LogP contribution < -0.4 is 4.74 Å². The minimum absolute atomic E-state index is 0.00981. The standard InChI is InChI=1S/C16H12N4O6/c1-10-8-13(6-7-14(10)20(23)24)25-9-15-17-16(18-26-15)11-2-4-12(5-3-11)19(21)22/h2-8H,9H2,1H3. The molecule has 0 aliphatic carbocycles. The summed E-state index contributed by atoms with van der Waals surface area (Å²) in [5.74, 6) is 0.913. The highest BCUT2D eigenvalue weighted by Crippen LogP contribution is 2.24. The molecular weight excluding hydrogens is 344 g/mol. The van der Waals surface area contributed by atoms with Crippen molar-refractivity contribution in [2.75, 3.05) is 0 Å². The number of hydrogen-bond donors (Lipinski definition) is 0. The van der Waals surface area contributed by atoms with Crippen LogP contribution in [0.25, 0.3) is 11.4 Å². The molecule has 1 heterocycles. The first-order valence-electron chi connectivity index (χ1n) is 7.39. The lowest BCUT2D eigenvalue weighted by Gasteiger charge is -2.04. The molecule has 0 aliphatic heterocycles. The minimum Gasteiger partial charge on any atom is -0.484 e. The van der Waals surface area contributed by atoms with Crippen LogP contribution in [0.15, 0.2) is 47.0 Å². The first-order valence-corrected chi connectivity index (χ1v) is 7.39. The predicted molar refractivity (Wildman–Crippen MR) is 88.6 cm³/mol. The monoisotopic (exact) mass is 356 g/mol. The van der Waals surface area contributed by atoms with Crippen molar-refractivity contribution in [1.82, 2.24) is 10.1 Å². The molecule has 0 fully saturated rings. The molecule has 10 nitrogen and oxygen atoms in total. The maximum Gasteiger partial charge on any atom is 0.272 e. The van der Waals surface area contributed by atoms with Crippen molar-refractivity contribution < 1.29 is 19.1 Å². The third-order valence-corrected chi connectivity index (χ3v) is 3.53. The molecule has 0 saturated heterocycles. The zero-order chi connectivity index (χ0) is 18.7. The number of benzene rings is 2. The highest BCUT2D eigenvalue weighted by molar-refractivity contribution is 5.56. The van der Waals surface area contributed by atoms with Crippen LogP contribution in [-0.2, 0) is 6.61 Å². The molecule has 132 valence electrons. The number of nitro benzene ring substituents is 2. The Kier molecular flexibility index (Phi) is 4.56. The second-order valence-corrected chi connectivity index (χ2v) is 5.31. The van der Waals surface area contributed by atoms with E-state index < -0.39 is 9.85 Å². The lowest BCUT2D eigenvalue weighted by atomic mass is 10.2. The van der Waals surface area contributed by atoms with E-state index in [1.807, 2.05) is 0 Å². The second kappa shape index (κ2) is 6.97. The van der Waals surface area contributed by atoms with Gasteiger partial charge in [0.05, 0.1) is 9.85 Å². The molecule has 10 heteroatoms. The van der Waals surface area contributed by atoms with E-state index in [0.29, 0.717) is 16.9 Å². The molecule has 0 amide bonds. The van der Waals surface area contributed by atoms with Gasteiger partial charge < -0.3 is 9.26 Å². The Morgan fingerprint density at radius 2 is 1.81 bits per heavy atom. The number of ether oxygens (including phenoxy) is 1. The number of rotatable bonds is 6. The summed E-state index contributed by atoms with van der Waals surface area (Å²) in [6, 6.07) is 10.1. The van der Waals surface area contributed by atoms with Crippen LogP contribution >= 0.6 is 0 Å². The maximum absolute atomic E-state index is 10.8. The van der Waals surface area contributed by atoms with Gasteiger partial charge >= 0.3 is 0 Å². The van der Waals surface area contributed by atoms with E-state index in [2.05, 4.69) is 10.1 Å². The molecule has 0 atom stereocenters. The van der Waals surface area contributed by atoms with Gasteiger partial charge in [0, 0.05) is 29.3 Å². The number of hydrogen-bond acceptors (Lipinski definition) is 8. The summed E-state index contributed by atoms with van der Waals surface area (Å²) in [5, 5.41) is 25.3. The van der Waals surface area contributed by atoms with Crippen LogP contribution in [0.3, 0.4) is 0 Å². The maximum atomic E-state index is 10.8. The molecule has 3 rings (SSSR count). The zero-order valence-electron chi connectivity index (χ0n) is 13.5. The van der Waals surface area contributed by atoms with Gasteiger partial charge in [-0.2, -0.15) is 4.98 Å². The first-order chi connectivity index (χ1) is 12.4. The first kappa shape index (κ1) is 17.0. The Labute approximate surface area is 146 Å². The van der Waals surface area contributed by atoms with Crippen molar-refractivity contribution >= 4 is 11.4 Å². The largest absolute Gasteiger partial charge is 0.484 e. The van der Waals surface area contributed by atoms with Crippen molar-refractivity contribution in [3.05, 3.63) is 74.1 Å². The summed E-state index contributed by atoms with van der Waals surface area (Å²) in [5.41, 5.74) is 1.02. The van der Waals surface area contributed by atoms with Gasteiger partial charge in [0.1, 0.15) is 5.75 Å². The van der Waals surface area contributed by atoms with E-state index in [1.165, 1.54) is 36.4 Å². The summed E-state index contributed by atoms with van der Waals surface area (Å²) in [6.07, 6.45) is 0. The quantitative estimate of drug-likeness (QED) is 0.484. The van der Waals surface area contributed by atoms with Crippen LogP contribution in [0.1, 0.15) is 11.5 Å². The third-order valence-electron chi connectivity index (χ3n) is 3.53. The SMILES string of the molecule is Cc1cc(OCc2nc(-c3ccc([N+](=O)[O-])cc3)no2)ccc1[N+](=O)[O-]. The van der Waals surface area contributed by atoms with Gasteiger partial charge in [-0.3, -0.25) is 20.2 Å². The van der Waals surface area contributed by atoms with Gasteiger partial charge in [-0.05, 0) is 31.2 Å². The molecule has 0 N–H and O–H groups in total. The van der Waals surface area contributed by atoms with E-state index in [4.69, 9.17) is 9.26 Å². The third kappa shape index (κ3) is 3.64. The van der Waals surface area contributed by atoms with Crippen LogP contribution in [0, 0.1) is 27.2 Å². The molecule has 3 aromatic rings. The average molecular weight is 356 g/mol. The van der Waals surface area contributed by atoms with Crippen LogP contribution in [0.2, 0.25) is 0 Å². The molecular formula is C16H12N4O6. The fourth-order valence-electron chi connectivity index (χ4n) is 2.23. The number of nitrogens with zero attached hydrogens (tertiary/aromatic N) is 4. The summed E-state index contributed by atoms with van der Waals surface area (Å²) in [6.45, 7) is 1.60. The van der Waals surface area contributed by atoms with Gasteiger partial charge in [-0.25, -0.2) is 0 Å². The fraction of sp³-hybridized carbons (Fsp3) is 0.125. The van der Waals surface area contributed by atoms with Crippen molar-refractivity contribution in [2.24, 2.45) is 0 Å². The second-order valence-electron chi connectivity index (χ2n) is 5.31. The molecule has 0 radical (unpaired) electrons. The lowest BCUT2D eigenvalue weighted by Crippen LogP contribution is -1.97. The highest BCUT2D eigenvalue weighted by Gasteiger charge is 2.13. The van der Waals surface area contributed by atoms with Gasteiger partial charge in [-0.15, -0.1) is 0 Å². The summed E-state index contributed by atoms with van der Waals surface area (Å²) in [4.78, 5) is 24.7. The Bertz CT molecular complexity index is 967. The van der Waals surface area contributed by atoms with E-state index >= 15 is 0 Å². The number of aromatic nitrogens is 2. The average Bonchev–Trinajstić information content (AvgIpc) is 3.09. The van der Waals surface area contributed by atoms with E-state index in [1.54, 1.807) is 13.0 Å². The molecule has 0 saturated carbocycles. The predicted octanol–water partition coefficient (Wildman–Crippen LogP) is 3.44. The Morgan fingerprint density at radius 3 is 2.42 bits per heavy atom. The number of nitro groups is 2. The smallest absolute Gasteiger partial charge is 0.272 e. The lowest BCUT2D eigenvalue weighted by molar-refractivity contribution is -0.385. The van der Waals surface area contributed by atoms with E-state index in [-0.39, 0.29) is 29.7 Å². The van der Waals surface area contributed by atoms with Crippen LogP contribution in [0.5, 0.6) is 5.75 Å². The molecule has 0 aliphatic rings. The molecule has 2 aromatic carbocycles. The molecule has 0 spiro atoms. The van der Waals surface area contributed by atoms with Crippen molar-refractivity contribution in [3.8, 4) is 17.1 Å². The van der Waals surface area contributed by atoms with Gasteiger partial charge in [0.2, 0.25) is 5.82 Å². The Morgan fingerprint density at radius 1 is 1.08 bits per heavy atom. The molecule has 26 heavy (non-hydrogen) atoms. The summed E-state index contributed by atoms with van der Waals surface area (Å²) in [7, 11) is 0. The fourth-order valence-corrected chi connectivity index (χ4v) is 2.23. The van der Waals surface area contributed by atoms with Crippen molar-refractivity contribution in [2.45, 2.75) is 13.5 Å². The Hall–Kier alpha value is -3.82. The Balaban J connectivity index is 1.68.